The van der Waals surface area contributed by atoms with Crippen LogP contribution in [0.3, 0.4) is 0 Å². The van der Waals surface area contributed by atoms with Gasteiger partial charge >= 0.3 is 6.18 Å². The fourth-order valence-corrected chi connectivity index (χ4v) is 1.90. The third-order valence-electron chi connectivity index (χ3n) is 2.59. The maximum atomic E-state index is 12.2. The van der Waals surface area contributed by atoms with E-state index in [9.17, 15) is 18.0 Å². The second kappa shape index (κ2) is 7.01. The Bertz CT molecular complexity index is 725. The molecule has 0 saturated carbocycles. The molecular weight excluding hydrogens is 356 g/mol. The standard InChI is InChI=1S/C13H9Cl2F3N4O/c14-8-5-19-12(15)22-10(8)21-9-4-2-1-3-7(9)11(23)20-6-13(16,17)18/h1-5H,6H2,(H,20,23)(H,19,21,22). The number of halogens is 5. The smallest absolute Gasteiger partial charge is 0.343 e. The van der Waals surface area contributed by atoms with Crippen molar-refractivity contribution >= 4 is 40.6 Å². The summed E-state index contributed by atoms with van der Waals surface area (Å²) in [6.07, 6.45) is -3.24. The van der Waals surface area contributed by atoms with Crippen molar-refractivity contribution in [3.05, 3.63) is 46.3 Å². The maximum absolute atomic E-state index is 12.2. The number of nitrogens with zero attached hydrogens (tertiary/aromatic N) is 2. The number of benzene rings is 1. The van der Waals surface area contributed by atoms with Crippen molar-refractivity contribution in [2.45, 2.75) is 6.18 Å². The molecule has 0 bridgehead atoms. The van der Waals surface area contributed by atoms with Crippen LogP contribution in [0, 0.1) is 0 Å². The first-order chi connectivity index (χ1) is 10.8. The fraction of sp³-hybridized carbons (Fsp3) is 0.154. The molecule has 1 heterocycles. The normalized spacial score (nSPS) is 11.2. The number of carbonyl (C=O) groups excluding carboxylic acids is 1. The molecule has 1 amide bonds. The van der Waals surface area contributed by atoms with Gasteiger partial charge in [0.25, 0.3) is 5.91 Å². The topological polar surface area (TPSA) is 66.9 Å². The fourth-order valence-electron chi connectivity index (χ4n) is 1.63. The highest BCUT2D eigenvalue weighted by molar-refractivity contribution is 6.33. The number of alkyl halides is 3. The van der Waals surface area contributed by atoms with E-state index >= 15 is 0 Å². The van der Waals surface area contributed by atoms with Crippen molar-refractivity contribution in [2.75, 3.05) is 11.9 Å². The highest BCUT2D eigenvalue weighted by Gasteiger charge is 2.28. The Hall–Kier alpha value is -2.06. The van der Waals surface area contributed by atoms with Gasteiger partial charge in [0.2, 0.25) is 5.28 Å². The maximum Gasteiger partial charge on any atom is 0.405 e. The van der Waals surface area contributed by atoms with Crippen LogP contribution >= 0.6 is 23.2 Å². The van der Waals surface area contributed by atoms with Gasteiger partial charge in [-0.1, -0.05) is 23.7 Å². The Balaban J connectivity index is 2.23. The highest BCUT2D eigenvalue weighted by Crippen LogP contribution is 2.26. The zero-order chi connectivity index (χ0) is 17.0. The van der Waals surface area contributed by atoms with Crippen LogP contribution in [0.2, 0.25) is 10.3 Å². The van der Waals surface area contributed by atoms with E-state index in [1.54, 1.807) is 11.4 Å². The minimum atomic E-state index is -4.50. The number of rotatable bonds is 4. The number of hydrogen-bond acceptors (Lipinski definition) is 4. The lowest BCUT2D eigenvalue weighted by molar-refractivity contribution is -0.123. The number of amides is 1. The zero-order valence-electron chi connectivity index (χ0n) is 11.3. The van der Waals surface area contributed by atoms with Crippen LogP contribution in [0.1, 0.15) is 10.4 Å². The lowest BCUT2D eigenvalue weighted by Crippen LogP contribution is -2.34. The molecule has 0 unspecified atom stereocenters. The van der Waals surface area contributed by atoms with Gasteiger partial charge in [-0.3, -0.25) is 4.79 Å². The molecule has 5 nitrogen and oxygen atoms in total. The molecule has 0 radical (unpaired) electrons. The SMILES string of the molecule is O=C(NCC(F)(F)F)c1ccccc1Nc1nc(Cl)ncc1Cl. The van der Waals surface area contributed by atoms with Crippen molar-refractivity contribution in [2.24, 2.45) is 0 Å². The summed E-state index contributed by atoms with van der Waals surface area (Å²) in [5, 5.41) is 4.61. The first-order valence-corrected chi connectivity index (χ1v) is 6.91. The quantitative estimate of drug-likeness (QED) is 0.809. The predicted molar refractivity (Wildman–Crippen MR) is 80.2 cm³/mol. The molecule has 0 aliphatic rings. The second-order valence-corrected chi connectivity index (χ2v) is 5.05. The molecule has 2 N–H and O–H groups in total. The summed E-state index contributed by atoms with van der Waals surface area (Å²) in [6.45, 7) is -1.43. The minimum Gasteiger partial charge on any atom is -0.343 e. The summed E-state index contributed by atoms with van der Waals surface area (Å²) < 4.78 is 36.6. The van der Waals surface area contributed by atoms with Crippen molar-refractivity contribution in [3.8, 4) is 0 Å². The van der Waals surface area contributed by atoms with Gasteiger partial charge < -0.3 is 10.6 Å². The van der Waals surface area contributed by atoms with E-state index in [1.807, 2.05) is 0 Å². The third kappa shape index (κ3) is 4.97. The predicted octanol–water partition coefficient (Wildman–Crippen LogP) is 3.82. The molecule has 0 aliphatic heterocycles. The van der Waals surface area contributed by atoms with Crippen LogP contribution in [0.15, 0.2) is 30.5 Å². The van der Waals surface area contributed by atoms with Crippen LogP contribution < -0.4 is 10.6 Å². The Kier molecular flexibility index (Phi) is 5.27. The summed E-state index contributed by atoms with van der Waals surface area (Å²) in [5.41, 5.74) is 0.228. The van der Waals surface area contributed by atoms with Crippen molar-refractivity contribution in [1.82, 2.24) is 15.3 Å². The van der Waals surface area contributed by atoms with Crippen molar-refractivity contribution in [3.63, 3.8) is 0 Å². The molecule has 10 heteroatoms. The summed E-state index contributed by atoms with van der Waals surface area (Å²) >= 11 is 11.6. The van der Waals surface area contributed by atoms with Crippen molar-refractivity contribution < 1.29 is 18.0 Å². The van der Waals surface area contributed by atoms with E-state index in [0.717, 1.165) is 0 Å². The Morgan fingerprint density at radius 3 is 2.61 bits per heavy atom. The molecule has 2 aromatic rings. The largest absolute Gasteiger partial charge is 0.405 e. The molecule has 23 heavy (non-hydrogen) atoms. The Morgan fingerprint density at radius 2 is 1.91 bits per heavy atom. The Labute approximate surface area is 138 Å². The number of aromatic nitrogens is 2. The average Bonchev–Trinajstić information content (AvgIpc) is 2.48. The molecule has 0 saturated heterocycles. The van der Waals surface area contributed by atoms with Gasteiger partial charge in [0, 0.05) is 0 Å². The molecule has 0 aliphatic carbocycles. The third-order valence-corrected chi connectivity index (χ3v) is 3.05. The molecule has 1 aromatic heterocycles. The lowest BCUT2D eigenvalue weighted by Gasteiger charge is -2.13. The van der Waals surface area contributed by atoms with Gasteiger partial charge in [-0.15, -0.1) is 0 Å². The van der Waals surface area contributed by atoms with E-state index in [-0.39, 0.29) is 27.4 Å². The highest BCUT2D eigenvalue weighted by atomic mass is 35.5. The number of carbonyl (C=O) groups is 1. The average molecular weight is 365 g/mol. The van der Waals surface area contributed by atoms with E-state index in [1.165, 1.54) is 24.4 Å². The minimum absolute atomic E-state index is 0.00236. The van der Waals surface area contributed by atoms with Crippen LogP contribution in [0.5, 0.6) is 0 Å². The monoisotopic (exact) mass is 364 g/mol. The first kappa shape index (κ1) is 17.3. The van der Waals surface area contributed by atoms with Crippen LogP contribution in [-0.4, -0.2) is 28.6 Å². The number of nitrogens with one attached hydrogen (secondary N) is 2. The molecule has 2 rings (SSSR count). The van der Waals surface area contributed by atoms with Crippen LogP contribution in [-0.2, 0) is 0 Å². The van der Waals surface area contributed by atoms with E-state index in [4.69, 9.17) is 23.2 Å². The summed E-state index contributed by atoms with van der Waals surface area (Å²) in [4.78, 5) is 19.4. The van der Waals surface area contributed by atoms with Gasteiger partial charge in [-0.05, 0) is 23.7 Å². The van der Waals surface area contributed by atoms with Crippen molar-refractivity contribution in [1.29, 1.82) is 0 Å². The Morgan fingerprint density at radius 1 is 1.22 bits per heavy atom. The van der Waals surface area contributed by atoms with E-state index < -0.39 is 18.6 Å². The van der Waals surface area contributed by atoms with Gasteiger partial charge in [-0.2, -0.15) is 18.2 Å². The lowest BCUT2D eigenvalue weighted by atomic mass is 10.1. The summed E-state index contributed by atoms with van der Waals surface area (Å²) in [7, 11) is 0. The molecule has 0 spiro atoms. The summed E-state index contributed by atoms with van der Waals surface area (Å²) in [5.74, 6) is -0.760. The molecule has 122 valence electrons. The number of para-hydroxylation sites is 1. The van der Waals surface area contributed by atoms with Gasteiger partial charge in [0.15, 0.2) is 5.82 Å². The van der Waals surface area contributed by atoms with Crippen LogP contribution in [0.25, 0.3) is 0 Å². The van der Waals surface area contributed by atoms with E-state index in [0.29, 0.717) is 0 Å². The van der Waals surface area contributed by atoms with Gasteiger partial charge in [0.1, 0.15) is 11.6 Å². The number of hydrogen-bond donors (Lipinski definition) is 2. The zero-order valence-corrected chi connectivity index (χ0v) is 12.8. The summed E-state index contributed by atoms with van der Waals surface area (Å²) in [6, 6.07) is 5.97. The van der Waals surface area contributed by atoms with E-state index in [2.05, 4.69) is 15.3 Å². The molecule has 0 atom stereocenters. The van der Waals surface area contributed by atoms with Gasteiger partial charge in [-0.25, -0.2) is 4.98 Å². The van der Waals surface area contributed by atoms with Crippen LogP contribution in [0.4, 0.5) is 24.7 Å². The first-order valence-electron chi connectivity index (χ1n) is 6.15. The van der Waals surface area contributed by atoms with Gasteiger partial charge in [0.05, 0.1) is 17.4 Å². The molecular formula is C13H9Cl2F3N4O. The molecule has 0 fully saturated rings. The second-order valence-electron chi connectivity index (χ2n) is 4.30. The molecule has 1 aromatic carbocycles. The number of anilines is 2.